The van der Waals surface area contributed by atoms with Crippen molar-refractivity contribution in [2.24, 2.45) is 0 Å². The van der Waals surface area contributed by atoms with Crippen LogP contribution in [0.25, 0.3) is 10.9 Å². The van der Waals surface area contributed by atoms with Crippen LogP contribution in [0.4, 0.5) is 4.79 Å². The van der Waals surface area contributed by atoms with Crippen molar-refractivity contribution in [3.05, 3.63) is 107 Å². The fourth-order valence-corrected chi connectivity index (χ4v) is 4.07. The molecule has 0 saturated carbocycles. The summed E-state index contributed by atoms with van der Waals surface area (Å²) in [6, 6.07) is 24.8. The molecule has 0 aliphatic heterocycles. The van der Waals surface area contributed by atoms with E-state index < -0.39 is 6.03 Å². The van der Waals surface area contributed by atoms with E-state index in [9.17, 15) is 9.59 Å². The first-order valence-electron chi connectivity index (χ1n) is 10.7. The summed E-state index contributed by atoms with van der Waals surface area (Å²) < 4.78 is 0. The summed E-state index contributed by atoms with van der Waals surface area (Å²) >= 11 is 6.50. The number of para-hydroxylation sites is 1. The summed E-state index contributed by atoms with van der Waals surface area (Å²) in [5.74, 6) is -0.424. The summed E-state index contributed by atoms with van der Waals surface area (Å²) in [6.07, 6.45) is 1.96. The monoisotopic (exact) mass is 460 g/mol. The van der Waals surface area contributed by atoms with Crippen molar-refractivity contribution in [3.63, 3.8) is 0 Å². The highest BCUT2D eigenvalue weighted by Gasteiger charge is 2.21. The maximum absolute atomic E-state index is 12.5. The van der Waals surface area contributed by atoms with Gasteiger partial charge in [0.1, 0.15) is 0 Å². The Morgan fingerprint density at radius 2 is 1.55 bits per heavy atom. The smallest absolute Gasteiger partial charge is 0.315 e. The predicted molar refractivity (Wildman–Crippen MR) is 131 cm³/mol. The number of amides is 3. The van der Waals surface area contributed by atoms with Crippen molar-refractivity contribution in [1.82, 2.24) is 20.9 Å². The van der Waals surface area contributed by atoms with E-state index in [0.29, 0.717) is 18.1 Å². The van der Waals surface area contributed by atoms with Crippen LogP contribution in [0.1, 0.15) is 22.6 Å². The standard InChI is InChI=1S/C26H25ClN4O2/c27-23-12-6-4-10-19(23)21(22-15-28-24-13-7-5-11-20(22)24)16-29-25(32)17-31-26(33)30-14-18-8-2-1-3-9-18/h1-13,15,21,28H,14,16-17H2,(H,29,32)(H2,30,31,33)/t21-/m0/s1. The maximum atomic E-state index is 12.5. The lowest BCUT2D eigenvalue weighted by Crippen LogP contribution is -2.42. The Bertz CT molecular complexity index is 1240. The minimum absolute atomic E-state index is 0.121. The Hall–Kier alpha value is -3.77. The van der Waals surface area contributed by atoms with E-state index in [0.717, 1.165) is 27.6 Å². The third-order valence-electron chi connectivity index (χ3n) is 5.49. The number of urea groups is 1. The molecule has 4 rings (SSSR count). The number of aromatic amines is 1. The van der Waals surface area contributed by atoms with Gasteiger partial charge in [-0.25, -0.2) is 4.79 Å². The Morgan fingerprint density at radius 1 is 0.818 bits per heavy atom. The largest absolute Gasteiger partial charge is 0.361 e. The molecule has 3 amide bonds. The molecule has 1 aromatic heterocycles. The molecule has 0 radical (unpaired) electrons. The summed E-state index contributed by atoms with van der Waals surface area (Å²) in [4.78, 5) is 27.8. The highest BCUT2D eigenvalue weighted by Crippen LogP contribution is 2.33. The molecule has 1 atom stereocenters. The third kappa shape index (κ3) is 5.73. The number of hydrogen-bond donors (Lipinski definition) is 4. The minimum atomic E-state index is -0.395. The normalized spacial score (nSPS) is 11.7. The number of H-pyrrole nitrogens is 1. The molecule has 168 valence electrons. The van der Waals surface area contributed by atoms with Gasteiger partial charge in [0.15, 0.2) is 0 Å². The zero-order chi connectivity index (χ0) is 23.0. The van der Waals surface area contributed by atoms with Gasteiger partial charge < -0.3 is 20.9 Å². The van der Waals surface area contributed by atoms with Gasteiger partial charge in [0, 0.05) is 41.1 Å². The van der Waals surface area contributed by atoms with Crippen molar-refractivity contribution in [1.29, 1.82) is 0 Å². The number of hydrogen-bond acceptors (Lipinski definition) is 2. The van der Waals surface area contributed by atoms with Gasteiger partial charge in [-0.1, -0.05) is 78.3 Å². The SMILES string of the molecule is O=C(CNC(=O)NCc1ccccc1)NC[C@@H](c1ccccc1Cl)c1c[nH]c2ccccc12. The highest BCUT2D eigenvalue weighted by atomic mass is 35.5. The maximum Gasteiger partial charge on any atom is 0.315 e. The van der Waals surface area contributed by atoms with Crippen molar-refractivity contribution in [2.75, 3.05) is 13.1 Å². The lowest BCUT2D eigenvalue weighted by Gasteiger charge is -2.19. The Morgan fingerprint density at radius 3 is 2.36 bits per heavy atom. The van der Waals surface area contributed by atoms with Crippen LogP contribution in [0.5, 0.6) is 0 Å². The van der Waals surface area contributed by atoms with Gasteiger partial charge in [-0.3, -0.25) is 4.79 Å². The number of rotatable bonds is 8. The molecule has 6 nitrogen and oxygen atoms in total. The van der Waals surface area contributed by atoms with Crippen LogP contribution in [0.2, 0.25) is 5.02 Å². The average Bonchev–Trinajstić information content (AvgIpc) is 3.27. The van der Waals surface area contributed by atoms with Gasteiger partial charge in [-0.15, -0.1) is 0 Å². The molecule has 4 N–H and O–H groups in total. The predicted octanol–water partition coefficient (Wildman–Crippen LogP) is 4.57. The first-order valence-corrected chi connectivity index (χ1v) is 11.1. The molecule has 3 aromatic carbocycles. The number of carbonyl (C=O) groups is 2. The van der Waals surface area contributed by atoms with Crippen LogP contribution in [-0.4, -0.2) is 30.0 Å². The van der Waals surface area contributed by atoms with Crippen LogP contribution in [0, 0.1) is 0 Å². The Balaban J connectivity index is 1.38. The molecular formula is C26H25ClN4O2. The summed E-state index contributed by atoms with van der Waals surface area (Å²) in [5, 5.41) is 10.00. The van der Waals surface area contributed by atoms with Crippen LogP contribution in [-0.2, 0) is 11.3 Å². The first kappa shape index (κ1) is 22.4. The van der Waals surface area contributed by atoms with Crippen LogP contribution >= 0.6 is 11.6 Å². The zero-order valence-electron chi connectivity index (χ0n) is 18.0. The van der Waals surface area contributed by atoms with E-state index in [-0.39, 0.29) is 18.4 Å². The number of halogens is 1. The lowest BCUT2D eigenvalue weighted by atomic mass is 9.90. The molecule has 0 aliphatic rings. The summed E-state index contributed by atoms with van der Waals surface area (Å²) in [7, 11) is 0. The number of nitrogens with one attached hydrogen (secondary N) is 4. The number of carbonyl (C=O) groups excluding carboxylic acids is 2. The van der Waals surface area contributed by atoms with E-state index in [1.165, 1.54) is 0 Å². The fourth-order valence-electron chi connectivity index (χ4n) is 3.81. The van der Waals surface area contributed by atoms with Gasteiger partial charge in [0.25, 0.3) is 0 Å². The molecule has 0 unspecified atom stereocenters. The van der Waals surface area contributed by atoms with Crippen molar-refractivity contribution in [2.45, 2.75) is 12.5 Å². The highest BCUT2D eigenvalue weighted by molar-refractivity contribution is 6.31. The topological polar surface area (TPSA) is 86.0 Å². The van der Waals surface area contributed by atoms with Crippen molar-refractivity contribution in [3.8, 4) is 0 Å². The molecule has 0 spiro atoms. The van der Waals surface area contributed by atoms with Gasteiger partial charge in [-0.2, -0.15) is 0 Å². The molecule has 1 heterocycles. The van der Waals surface area contributed by atoms with E-state index in [1.807, 2.05) is 85.1 Å². The van der Waals surface area contributed by atoms with Gasteiger partial charge >= 0.3 is 6.03 Å². The molecule has 0 aliphatic carbocycles. The second-order valence-electron chi connectivity index (χ2n) is 7.69. The van der Waals surface area contributed by atoms with E-state index >= 15 is 0 Å². The zero-order valence-corrected chi connectivity index (χ0v) is 18.7. The molecule has 4 aromatic rings. The van der Waals surface area contributed by atoms with Crippen molar-refractivity contribution < 1.29 is 9.59 Å². The third-order valence-corrected chi connectivity index (χ3v) is 5.83. The summed E-state index contributed by atoms with van der Waals surface area (Å²) in [6.45, 7) is 0.616. The van der Waals surface area contributed by atoms with Crippen molar-refractivity contribution >= 4 is 34.4 Å². The van der Waals surface area contributed by atoms with E-state index in [1.54, 1.807) is 0 Å². The molecule has 0 saturated heterocycles. The van der Waals surface area contributed by atoms with E-state index in [2.05, 4.69) is 20.9 Å². The quantitative estimate of drug-likeness (QED) is 0.310. The second-order valence-corrected chi connectivity index (χ2v) is 8.10. The number of fused-ring (bicyclic) bond motifs is 1. The number of benzene rings is 3. The molecule has 7 heteroatoms. The Kier molecular flexibility index (Phi) is 7.27. The van der Waals surface area contributed by atoms with Gasteiger partial charge in [-0.05, 0) is 28.8 Å². The lowest BCUT2D eigenvalue weighted by molar-refractivity contribution is -0.120. The molecule has 0 bridgehead atoms. The van der Waals surface area contributed by atoms with Crippen LogP contribution in [0.3, 0.4) is 0 Å². The average molecular weight is 461 g/mol. The first-order chi connectivity index (χ1) is 16.1. The summed E-state index contributed by atoms with van der Waals surface area (Å²) in [5.41, 5.74) is 3.98. The fraction of sp³-hybridized carbons (Fsp3) is 0.154. The number of aromatic nitrogens is 1. The van der Waals surface area contributed by atoms with E-state index in [4.69, 9.17) is 11.6 Å². The van der Waals surface area contributed by atoms with Gasteiger partial charge in [0.2, 0.25) is 5.91 Å². The Labute approximate surface area is 197 Å². The van der Waals surface area contributed by atoms with Crippen LogP contribution in [0.15, 0.2) is 85.1 Å². The minimum Gasteiger partial charge on any atom is -0.361 e. The molecule has 0 fully saturated rings. The molecule has 33 heavy (non-hydrogen) atoms. The second kappa shape index (κ2) is 10.7. The molecular weight excluding hydrogens is 436 g/mol. The van der Waals surface area contributed by atoms with Crippen LogP contribution < -0.4 is 16.0 Å². The van der Waals surface area contributed by atoms with Gasteiger partial charge in [0.05, 0.1) is 6.54 Å².